The molecule has 1 atom stereocenters. The number of benzene rings is 1. The first-order valence-corrected chi connectivity index (χ1v) is 9.42. The van der Waals surface area contributed by atoms with Crippen LogP contribution in [0.2, 0.25) is 0 Å². The molecule has 1 fully saturated rings. The lowest BCUT2D eigenvalue weighted by Gasteiger charge is -2.24. The van der Waals surface area contributed by atoms with Gasteiger partial charge < -0.3 is 14.8 Å². The second-order valence-corrected chi connectivity index (χ2v) is 7.24. The van der Waals surface area contributed by atoms with Crippen LogP contribution in [0.3, 0.4) is 0 Å². The van der Waals surface area contributed by atoms with E-state index in [1.807, 2.05) is 30.3 Å². The van der Waals surface area contributed by atoms with Gasteiger partial charge in [0.05, 0.1) is 12.7 Å². The molecule has 1 aliphatic carbocycles. The number of rotatable bonds is 5. The van der Waals surface area contributed by atoms with Crippen LogP contribution in [-0.2, 0) is 16.0 Å². The van der Waals surface area contributed by atoms with Gasteiger partial charge in [-0.25, -0.2) is 0 Å². The largest absolute Gasteiger partial charge is 0.617 e. The van der Waals surface area contributed by atoms with Gasteiger partial charge in [-0.1, -0.05) is 17.3 Å². The first kappa shape index (κ1) is 15.9. The Balaban J connectivity index is 1.65. The van der Waals surface area contributed by atoms with Gasteiger partial charge in [0.25, 0.3) is 0 Å². The summed E-state index contributed by atoms with van der Waals surface area (Å²) >= 11 is -0.941. The van der Waals surface area contributed by atoms with Crippen LogP contribution >= 0.6 is 0 Å². The summed E-state index contributed by atoms with van der Waals surface area (Å²) in [5.74, 6) is 0.292. The summed E-state index contributed by atoms with van der Waals surface area (Å²) in [5, 5.41) is 2.84. The van der Waals surface area contributed by atoms with Crippen molar-refractivity contribution in [3.63, 3.8) is 0 Å². The van der Waals surface area contributed by atoms with Gasteiger partial charge in [0.1, 0.15) is 5.75 Å². The summed E-state index contributed by atoms with van der Waals surface area (Å²) in [6, 6.07) is 7.80. The quantitative estimate of drug-likeness (QED) is 0.844. The SMILES string of the molecule is C[S+]([O-])CCC(=O)Nc1ccc(N2C=CC=CC2=C2CC2)cc1. The molecule has 1 aromatic rings. The average molecular weight is 328 g/mol. The van der Waals surface area contributed by atoms with E-state index in [4.69, 9.17) is 0 Å². The van der Waals surface area contributed by atoms with Crippen molar-refractivity contribution in [3.05, 3.63) is 60.0 Å². The van der Waals surface area contributed by atoms with Crippen LogP contribution < -0.4 is 10.2 Å². The summed E-state index contributed by atoms with van der Waals surface area (Å²) in [7, 11) is 0. The molecule has 120 valence electrons. The van der Waals surface area contributed by atoms with E-state index >= 15 is 0 Å². The Hall–Kier alpha value is -1.98. The van der Waals surface area contributed by atoms with Crippen LogP contribution in [0.4, 0.5) is 11.4 Å². The molecule has 1 unspecified atom stereocenters. The van der Waals surface area contributed by atoms with Gasteiger partial charge in [-0.3, -0.25) is 4.79 Å². The van der Waals surface area contributed by atoms with E-state index in [2.05, 4.69) is 28.6 Å². The number of nitrogens with one attached hydrogen (secondary N) is 1. The number of hydrogen-bond acceptors (Lipinski definition) is 3. The lowest BCUT2D eigenvalue weighted by Crippen LogP contribution is -2.17. The van der Waals surface area contributed by atoms with Gasteiger partial charge in [-0.05, 0) is 54.8 Å². The Labute approximate surface area is 139 Å². The monoisotopic (exact) mass is 328 g/mol. The van der Waals surface area contributed by atoms with Gasteiger partial charge >= 0.3 is 0 Å². The van der Waals surface area contributed by atoms with Crippen LogP contribution in [-0.4, -0.2) is 22.5 Å². The van der Waals surface area contributed by atoms with Crippen LogP contribution in [0.1, 0.15) is 19.3 Å². The normalized spacial score (nSPS) is 17.4. The van der Waals surface area contributed by atoms with Gasteiger partial charge in [-0.15, -0.1) is 0 Å². The van der Waals surface area contributed by atoms with Crippen LogP contribution in [0.25, 0.3) is 0 Å². The van der Waals surface area contributed by atoms with Gasteiger partial charge in [0.15, 0.2) is 0 Å². The van der Waals surface area contributed by atoms with Crippen LogP contribution in [0.5, 0.6) is 0 Å². The molecular weight excluding hydrogens is 308 g/mol. The average Bonchev–Trinajstić information content (AvgIpc) is 3.39. The molecule has 1 aliphatic heterocycles. The minimum Gasteiger partial charge on any atom is -0.617 e. The Morgan fingerprint density at radius 3 is 2.65 bits per heavy atom. The molecular formula is C18H20N2O2S. The zero-order valence-corrected chi connectivity index (χ0v) is 13.9. The zero-order valence-electron chi connectivity index (χ0n) is 13.1. The number of anilines is 2. The highest BCUT2D eigenvalue weighted by Crippen LogP contribution is 2.37. The number of carbonyl (C=O) groups excluding carboxylic acids is 1. The molecule has 0 radical (unpaired) electrons. The van der Waals surface area contributed by atoms with Gasteiger partial charge in [-0.2, -0.15) is 0 Å². The maximum Gasteiger partial charge on any atom is 0.229 e. The first-order chi connectivity index (χ1) is 11.1. The van der Waals surface area contributed by atoms with Crippen molar-refractivity contribution < 1.29 is 9.35 Å². The van der Waals surface area contributed by atoms with Crippen molar-refractivity contribution in [2.24, 2.45) is 0 Å². The third-order valence-electron chi connectivity index (χ3n) is 3.77. The Kier molecular flexibility index (Phi) is 4.88. The third-order valence-corrected chi connectivity index (χ3v) is 4.55. The smallest absolute Gasteiger partial charge is 0.229 e. The molecule has 1 amide bonds. The van der Waals surface area contributed by atoms with Crippen molar-refractivity contribution >= 4 is 28.5 Å². The lowest BCUT2D eigenvalue weighted by molar-refractivity contribution is -0.115. The number of allylic oxidation sites excluding steroid dienone is 4. The number of hydrogen-bond donors (Lipinski definition) is 1. The standard InChI is InChI=1S/C18H20N2O2S/c1-23(22)13-11-18(21)19-15-7-9-16(10-8-15)20-12-3-2-4-17(20)14-5-6-14/h2-4,7-10,12H,5-6,11,13H2,1H3,(H,19,21). The van der Waals surface area contributed by atoms with E-state index in [1.165, 1.54) is 24.1 Å². The van der Waals surface area contributed by atoms with E-state index in [9.17, 15) is 9.35 Å². The maximum atomic E-state index is 11.8. The topological polar surface area (TPSA) is 55.4 Å². The zero-order chi connectivity index (χ0) is 16.2. The number of nitrogens with zero attached hydrogens (tertiary/aromatic N) is 1. The number of carbonyl (C=O) groups is 1. The van der Waals surface area contributed by atoms with E-state index in [-0.39, 0.29) is 12.3 Å². The Morgan fingerprint density at radius 1 is 1.26 bits per heavy atom. The fourth-order valence-electron chi connectivity index (χ4n) is 2.44. The summed E-state index contributed by atoms with van der Waals surface area (Å²) in [6.45, 7) is 0. The minimum absolute atomic E-state index is 0.102. The summed E-state index contributed by atoms with van der Waals surface area (Å²) < 4.78 is 11.0. The Morgan fingerprint density at radius 2 is 2.00 bits per heavy atom. The minimum atomic E-state index is -0.941. The van der Waals surface area contributed by atoms with Gasteiger partial charge in [0, 0.05) is 23.3 Å². The molecule has 4 nitrogen and oxygen atoms in total. The predicted octanol–water partition coefficient (Wildman–Crippen LogP) is 3.33. The van der Waals surface area contributed by atoms with E-state index in [0.29, 0.717) is 5.75 Å². The predicted molar refractivity (Wildman–Crippen MR) is 95.6 cm³/mol. The highest BCUT2D eigenvalue weighted by atomic mass is 32.2. The van der Waals surface area contributed by atoms with Crippen molar-refractivity contribution in [1.29, 1.82) is 0 Å². The van der Waals surface area contributed by atoms with E-state index in [1.54, 1.807) is 6.26 Å². The molecule has 1 aromatic carbocycles. The summed E-state index contributed by atoms with van der Waals surface area (Å²) in [5.41, 5.74) is 4.58. The third kappa shape index (κ3) is 4.27. The Bertz CT molecular complexity index is 669. The van der Waals surface area contributed by atoms with Crippen molar-refractivity contribution in [1.82, 2.24) is 0 Å². The fourth-order valence-corrected chi connectivity index (χ4v) is 2.91. The molecule has 0 saturated heterocycles. The molecule has 5 heteroatoms. The molecule has 2 aliphatic rings. The maximum absolute atomic E-state index is 11.8. The van der Waals surface area contributed by atoms with Crippen molar-refractivity contribution in [2.45, 2.75) is 19.3 Å². The first-order valence-electron chi connectivity index (χ1n) is 7.69. The molecule has 23 heavy (non-hydrogen) atoms. The number of amides is 1. The summed E-state index contributed by atoms with van der Waals surface area (Å²) in [6.07, 6.45) is 12.5. The molecule has 3 rings (SSSR count). The van der Waals surface area contributed by atoms with Gasteiger partial charge in [0.2, 0.25) is 5.91 Å². The molecule has 1 N–H and O–H groups in total. The second kappa shape index (κ2) is 7.06. The van der Waals surface area contributed by atoms with E-state index in [0.717, 1.165) is 11.4 Å². The molecule has 0 spiro atoms. The van der Waals surface area contributed by atoms with E-state index < -0.39 is 11.2 Å². The highest BCUT2D eigenvalue weighted by molar-refractivity contribution is 7.90. The molecule has 1 heterocycles. The fraction of sp³-hybridized carbons (Fsp3) is 0.278. The summed E-state index contributed by atoms with van der Waals surface area (Å²) in [4.78, 5) is 13.9. The lowest BCUT2D eigenvalue weighted by atomic mass is 10.2. The molecule has 0 bridgehead atoms. The highest BCUT2D eigenvalue weighted by Gasteiger charge is 2.21. The van der Waals surface area contributed by atoms with Crippen molar-refractivity contribution in [3.8, 4) is 0 Å². The van der Waals surface area contributed by atoms with Crippen LogP contribution in [0, 0.1) is 0 Å². The van der Waals surface area contributed by atoms with Crippen molar-refractivity contribution in [2.75, 3.05) is 22.2 Å². The second-order valence-electron chi connectivity index (χ2n) is 5.68. The van der Waals surface area contributed by atoms with Crippen LogP contribution in [0.15, 0.2) is 60.0 Å². The molecule has 0 aromatic heterocycles. The molecule has 1 saturated carbocycles.